The van der Waals surface area contributed by atoms with Gasteiger partial charge in [-0.2, -0.15) is 0 Å². The van der Waals surface area contributed by atoms with Gasteiger partial charge in [0, 0.05) is 24.9 Å². The summed E-state index contributed by atoms with van der Waals surface area (Å²) in [6.45, 7) is 0. The van der Waals surface area contributed by atoms with E-state index in [-0.39, 0.29) is 24.0 Å². The molecule has 4 rings (SSSR count). The van der Waals surface area contributed by atoms with Crippen LogP contribution in [0.25, 0.3) is 0 Å². The first-order valence-corrected chi connectivity index (χ1v) is 13.2. The van der Waals surface area contributed by atoms with Crippen LogP contribution in [-0.4, -0.2) is 54.7 Å². The Morgan fingerprint density at radius 3 is 2.34 bits per heavy atom. The van der Waals surface area contributed by atoms with E-state index in [1.54, 1.807) is 0 Å². The number of rotatable bonds is 10. The Labute approximate surface area is 207 Å². The summed E-state index contributed by atoms with van der Waals surface area (Å²) in [5, 5.41) is 26.9. The number of aromatic amines is 1. The molecular weight excluding hydrogens is 444 g/mol. The van der Waals surface area contributed by atoms with Crippen LogP contribution < -0.4 is 5.32 Å². The highest BCUT2D eigenvalue weighted by atomic mass is 16.4. The number of benzene rings is 1. The largest absolute Gasteiger partial charge is 0.465 e. The second kappa shape index (κ2) is 12.7. The number of carbonyl (C=O) groups is 2. The molecule has 1 aromatic carbocycles. The van der Waals surface area contributed by atoms with Gasteiger partial charge < -0.3 is 15.3 Å². The van der Waals surface area contributed by atoms with Crippen LogP contribution >= 0.6 is 0 Å². The summed E-state index contributed by atoms with van der Waals surface area (Å²) in [5.74, 6) is 0.955. The summed E-state index contributed by atoms with van der Waals surface area (Å²) in [6, 6.07) is 9.78. The SMILES string of the molecule is O=C(O)N[C@@H](CCC(=O)N(C1CCCCC1)C(Cc1ccccc1)c1nnn[nH]1)C1CCCCC1. The average Bonchev–Trinajstić information content (AvgIpc) is 3.43. The molecule has 0 spiro atoms. The molecule has 0 radical (unpaired) electrons. The summed E-state index contributed by atoms with van der Waals surface area (Å²) in [7, 11) is 0. The Morgan fingerprint density at radius 2 is 1.71 bits per heavy atom. The van der Waals surface area contributed by atoms with E-state index in [9.17, 15) is 14.7 Å². The average molecular weight is 483 g/mol. The summed E-state index contributed by atoms with van der Waals surface area (Å²) < 4.78 is 0. The molecule has 9 nitrogen and oxygen atoms in total. The van der Waals surface area contributed by atoms with Crippen molar-refractivity contribution in [3.8, 4) is 0 Å². The van der Waals surface area contributed by atoms with E-state index in [1.807, 2.05) is 23.1 Å². The summed E-state index contributed by atoms with van der Waals surface area (Å²) in [6.07, 6.45) is 11.3. The lowest BCUT2D eigenvalue weighted by molar-refractivity contribution is -0.138. The predicted octanol–water partition coefficient (Wildman–Crippen LogP) is 4.64. The molecule has 9 heteroatoms. The zero-order valence-electron chi connectivity index (χ0n) is 20.4. The van der Waals surface area contributed by atoms with Gasteiger partial charge in [0.05, 0.1) is 6.04 Å². The van der Waals surface area contributed by atoms with Gasteiger partial charge in [0.2, 0.25) is 5.91 Å². The molecule has 0 saturated heterocycles. The predicted molar refractivity (Wildman–Crippen MR) is 132 cm³/mol. The molecule has 35 heavy (non-hydrogen) atoms. The molecule has 1 heterocycles. The monoisotopic (exact) mass is 482 g/mol. The van der Waals surface area contributed by atoms with E-state index in [0.29, 0.717) is 31.0 Å². The van der Waals surface area contributed by atoms with Crippen LogP contribution in [0.1, 0.15) is 94.5 Å². The molecule has 2 aliphatic rings. The van der Waals surface area contributed by atoms with Gasteiger partial charge in [-0.25, -0.2) is 9.89 Å². The van der Waals surface area contributed by atoms with Crippen molar-refractivity contribution in [2.75, 3.05) is 0 Å². The third-order valence-electron chi connectivity index (χ3n) is 7.74. The second-order valence-electron chi connectivity index (χ2n) is 10.1. The highest BCUT2D eigenvalue weighted by Crippen LogP contribution is 2.33. The fraction of sp³-hybridized carbons (Fsp3) is 0.654. The van der Waals surface area contributed by atoms with Gasteiger partial charge in [-0.3, -0.25) is 4.79 Å². The van der Waals surface area contributed by atoms with Crippen molar-refractivity contribution in [1.82, 2.24) is 30.8 Å². The number of carbonyl (C=O) groups excluding carboxylic acids is 1. The molecule has 0 bridgehead atoms. The molecule has 0 aliphatic heterocycles. The third-order valence-corrected chi connectivity index (χ3v) is 7.74. The number of nitrogens with zero attached hydrogens (tertiary/aromatic N) is 4. The minimum Gasteiger partial charge on any atom is -0.465 e. The number of carboxylic acid groups (broad SMARTS) is 1. The number of hydrogen-bond acceptors (Lipinski definition) is 5. The maximum absolute atomic E-state index is 13.9. The maximum atomic E-state index is 13.9. The van der Waals surface area contributed by atoms with E-state index < -0.39 is 6.09 Å². The molecule has 2 fully saturated rings. The summed E-state index contributed by atoms with van der Waals surface area (Å²) >= 11 is 0. The smallest absolute Gasteiger partial charge is 0.404 e. The van der Waals surface area contributed by atoms with Crippen LogP contribution in [-0.2, 0) is 11.2 Å². The number of amides is 2. The van der Waals surface area contributed by atoms with Crippen LogP contribution in [0.4, 0.5) is 4.79 Å². The van der Waals surface area contributed by atoms with Gasteiger partial charge >= 0.3 is 6.09 Å². The van der Waals surface area contributed by atoms with Gasteiger partial charge in [-0.05, 0) is 54.0 Å². The molecule has 2 amide bonds. The van der Waals surface area contributed by atoms with Crippen molar-refractivity contribution >= 4 is 12.0 Å². The van der Waals surface area contributed by atoms with Crippen LogP contribution in [0.2, 0.25) is 0 Å². The van der Waals surface area contributed by atoms with Crippen LogP contribution in [0.15, 0.2) is 30.3 Å². The fourth-order valence-corrected chi connectivity index (χ4v) is 5.99. The van der Waals surface area contributed by atoms with Gasteiger partial charge in [-0.1, -0.05) is 68.9 Å². The number of H-pyrrole nitrogens is 1. The Bertz CT molecular complexity index is 910. The number of aromatic nitrogens is 4. The number of tetrazole rings is 1. The zero-order valence-corrected chi connectivity index (χ0v) is 20.4. The first-order chi connectivity index (χ1) is 17.1. The van der Waals surface area contributed by atoms with Gasteiger partial charge in [0.15, 0.2) is 5.82 Å². The maximum Gasteiger partial charge on any atom is 0.404 e. The number of nitrogens with one attached hydrogen (secondary N) is 2. The van der Waals surface area contributed by atoms with Gasteiger partial charge in [-0.15, -0.1) is 5.10 Å². The molecule has 1 aromatic heterocycles. The molecule has 2 aliphatic carbocycles. The van der Waals surface area contributed by atoms with Crippen molar-refractivity contribution in [2.45, 2.75) is 102 Å². The van der Waals surface area contributed by atoms with E-state index in [4.69, 9.17) is 0 Å². The lowest BCUT2D eigenvalue weighted by atomic mass is 9.82. The minimum absolute atomic E-state index is 0.0576. The van der Waals surface area contributed by atoms with Crippen molar-refractivity contribution in [2.24, 2.45) is 5.92 Å². The lowest BCUT2D eigenvalue weighted by Crippen LogP contribution is -2.46. The van der Waals surface area contributed by atoms with Crippen molar-refractivity contribution in [3.05, 3.63) is 41.7 Å². The van der Waals surface area contributed by atoms with E-state index in [2.05, 4.69) is 38.1 Å². The summed E-state index contributed by atoms with van der Waals surface area (Å²) in [5.41, 5.74) is 1.12. The Balaban J connectivity index is 1.55. The van der Waals surface area contributed by atoms with E-state index in [0.717, 1.165) is 56.9 Å². The second-order valence-corrected chi connectivity index (χ2v) is 10.1. The highest BCUT2D eigenvalue weighted by Gasteiger charge is 2.35. The Hall–Kier alpha value is -2.97. The topological polar surface area (TPSA) is 124 Å². The normalized spacial score (nSPS) is 19.1. The molecular formula is C26H38N6O3. The van der Waals surface area contributed by atoms with E-state index >= 15 is 0 Å². The van der Waals surface area contributed by atoms with Gasteiger partial charge in [0.1, 0.15) is 0 Å². The van der Waals surface area contributed by atoms with E-state index in [1.165, 1.54) is 12.8 Å². The molecule has 1 unspecified atom stereocenters. The lowest BCUT2D eigenvalue weighted by Gasteiger charge is -2.40. The number of hydrogen-bond donors (Lipinski definition) is 3. The minimum atomic E-state index is -1.01. The van der Waals surface area contributed by atoms with Crippen LogP contribution in [0.3, 0.4) is 0 Å². The third kappa shape index (κ3) is 7.02. The fourth-order valence-electron chi connectivity index (χ4n) is 5.99. The van der Waals surface area contributed by atoms with Gasteiger partial charge in [0.25, 0.3) is 0 Å². The molecule has 190 valence electrons. The first-order valence-electron chi connectivity index (χ1n) is 13.2. The molecule has 2 aromatic rings. The zero-order chi connectivity index (χ0) is 24.5. The van der Waals surface area contributed by atoms with Crippen LogP contribution in [0.5, 0.6) is 0 Å². The first kappa shape index (κ1) is 25.1. The Morgan fingerprint density at radius 1 is 1.03 bits per heavy atom. The summed E-state index contributed by atoms with van der Waals surface area (Å²) in [4.78, 5) is 27.4. The standard InChI is InChI=1S/C26H38N6O3/c33-24(17-16-22(27-26(34)35)20-12-6-2-7-13-20)32(21-14-8-3-9-15-21)23(25-28-30-31-29-25)18-19-10-4-1-5-11-19/h1,4-5,10-11,20-23,27H,2-3,6-9,12-18H2,(H,34,35)(H,28,29,30,31)/t22-,23?/m0/s1. The molecule has 2 atom stereocenters. The van der Waals surface area contributed by atoms with Crippen LogP contribution in [0, 0.1) is 5.92 Å². The Kier molecular flexibility index (Phi) is 9.08. The van der Waals surface area contributed by atoms with Crippen molar-refractivity contribution in [1.29, 1.82) is 0 Å². The quantitative estimate of drug-likeness (QED) is 0.453. The van der Waals surface area contributed by atoms with Crippen molar-refractivity contribution in [3.63, 3.8) is 0 Å². The highest BCUT2D eigenvalue weighted by molar-refractivity contribution is 5.77. The molecule has 3 N–H and O–H groups in total. The van der Waals surface area contributed by atoms with Crippen molar-refractivity contribution < 1.29 is 14.7 Å². The molecule has 2 saturated carbocycles.